The number of thioether (sulfide) groups is 1. The monoisotopic (exact) mass is 471 g/mol. The molecule has 1 heterocycles. The summed E-state index contributed by atoms with van der Waals surface area (Å²) in [5.41, 5.74) is 5.33. The Kier molecular flexibility index (Phi) is 8.14. The fourth-order valence-corrected chi connectivity index (χ4v) is 3.76. The fourth-order valence-electron chi connectivity index (χ4n) is 3.00. The quantitative estimate of drug-likeness (QED) is 0.263. The van der Waals surface area contributed by atoms with Crippen LogP contribution in [-0.4, -0.2) is 55.2 Å². The second-order valence-electron chi connectivity index (χ2n) is 6.66. The molecule has 0 saturated heterocycles. The van der Waals surface area contributed by atoms with Gasteiger partial charge >= 0.3 is 0 Å². The lowest BCUT2D eigenvalue weighted by Gasteiger charge is -2.13. The maximum absolute atomic E-state index is 12.7. The number of hydrazone groups is 1. The Morgan fingerprint density at radius 1 is 1.00 bits per heavy atom. The lowest BCUT2D eigenvalue weighted by Crippen LogP contribution is -2.19. The van der Waals surface area contributed by atoms with Gasteiger partial charge in [0.25, 0.3) is 5.91 Å². The molecular formula is C22H25N5O5S. The molecule has 0 fully saturated rings. The number of methoxy groups -OCH3 is 4. The van der Waals surface area contributed by atoms with Crippen molar-refractivity contribution in [1.29, 1.82) is 0 Å². The number of hydrogen-bond donors (Lipinski definition) is 2. The summed E-state index contributed by atoms with van der Waals surface area (Å²) in [5, 5.41) is 11.6. The predicted octanol–water partition coefficient (Wildman–Crippen LogP) is 3.29. The van der Waals surface area contributed by atoms with Gasteiger partial charge in [0.15, 0.2) is 16.7 Å². The molecule has 0 radical (unpaired) electrons. The third kappa shape index (κ3) is 5.75. The zero-order valence-electron chi connectivity index (χ0n) is 19.0. The third-order valence-corrected chi connectivity index (χ3v) is 5.63. The van der Waals surface area contributed by atoms with E-state index in [4.69, 9.17) is 18.9 Å². The molecule has 0 saturated carbocycles. The Bertz CT molecular complexity index is 1110. The van der Waals surface area contributed by atoms with E-state index in [0.29, 0.717) is 39.4 Å². The highest BCUT2D eigenvalue weighted by Gasteiger charge is 2.17. The normalized spacial score (nSPS) is 11.1. The summed E-state index contributed by atoms with van der Waals surface area (Å²) in [6.07, 6.45) is 1.46. The van der Waals surface area contributed by atoms with E-state index in [-0.39, 0.29) is 0 Å². The molecule has 2 aromatic carbocycles. The van der Waals surface area contributed by atoms with Crippen LogP contribution in [0.1, 0.15) is 28.4 Å². The highest BCUT2D eigenvalue weighted by atomic mass is 32.2. The Morgan fingerprint density at radius 3 is 2.27 bits per heavy atom. The van der Waals surface area contributed by atoms with E-state index in [0.717, 1.165) is 16.9 Å². The molecule has 3 aromatic rings. The van der Waals surface area contributed by atoms with Crippen molar-refractivity contribution in [3.63, 3.8) is 0 Å². The summed E-state index contributed by atoms with van der Waals surface area (Å²) < 4.78 is 21.4. The maximum Gasteiger partial charge on any atom is 0.271 e. The number of nitrogens with zero attached hydrogens (tertiary/aromatic N) is 3. The number of rotatable bonds is 10. The molecule has 0 spiro atoms. The molecule has 174 valence electrons. The molecule has 33 heavy (non-hydrogen) atoms. The second kappa shape index (κ2) is 11.2. The van der Waals surface area contributed by atoms with Gasteiger partial charge in [-0.2, -0.15) is 10.2 Å². The summed E-state index contributed by atoms with van der Waals surface area (Å²) in [6.45, 7) is 1.81. The molecule has 0 aliphatic rings. The van der Waals surface area contributed by atoms with Crippen LogP contribution in [0, 0.1) is 0 Å². The molecule has 0 aliphatic carbocycles. The van der Waals surface area contributed by atoms with Gasteiger partial charge in [-0.15, -0.1) is 0 Å². The van der Waals surface area contributed by atoms with E-state index in [2.05, 4.69) is 25.7 Å². The first-order valence-corrected chi connectivity index (χ1v) is 10.8. The van der Waals surface area contributed by atoms with Gasteiger partial charge in [-0.25, -0.2) is 10.4 Å². The van der Waals surface area contributed by atoms with Gasteiger partial charge in [-0.05, 0) is 42.8 Å². The van der Waals surface area contributed by atoms with E-state index in [1.807, 2.05) is 25.1 Å². The highest BCUT2D eigenvalue weighted by molar-refractivity contribution is 7.98. The van der Waals surface area contributed by atoms with Crippen LogP contribution in [0.5, 0.6) is 23.0 Å². The van der Waals surface area contributed by atoms with Gasteiger partial charge in [0, 0.05) is 16.9 Å². The molecule has 0 unspecified atom stereocenters. The number of carbonyl (C=O) groups excluding carboxylic acids is 1. The third-order valence-electron chi connectivity index (χ3n) is 4.71. The van der Waals surface area contributed by atoms with Crippen molar-refractivity contribution in [3.05, 3.63) is 53.3 Å². The van der Waals surface area contributed by atoms with Crippen LogP contribution < -0.4 is 24.4 Å². The lowest BCUT2D eigenvalue weighted by molar-refractivity contribution is 0.0954. The number of amides is 1. The molecule has 2 N–H and O–H groups in total. The summed E-state index contributed by atoms with van der Waals surface area (Å²) >= 11 is 1.50. The number of ether oxygens (including phenoxy) is 4. The van der Waals surface area contributed by atoms with Crippen molar-refractivity contribution in [2.45, 2.75) is 17.8 Å². The van der Waals surface area contributed by atoms with Crippen molar-refractivity contribution >= 4 is 23.4 Å². The van der Waals surface area contributed by atoms with Crippen LogP contribution in [0.25, 0.3) is 0 Å². The number of carbonyl (C=O) groups is 1. The SMILES string of the molecule is COc1ccc(C(C)=NNC(=O)c2cc(OC)c(OC)c(OC)c2)cc1CSc1ncn[nH]1. The zero-order valence-corrected chi connectivity index (χ0v) is 19.8. The summed E-state index contributed by atoms with van der Waals surface area (Å²) in [7, 11) is 6.10. The minimum Gasteiger partial charge on any atom is -0.496 e. The van der Waals surface area contributed by atoms with Gasteiger partial charge < -0.3 is 18.9 Å². The van der Waals surface area contributed by atoms with Crippen LogP contribution in [-0.2, 0) is 5.75 Å². The Hall–Kier alpha value is -3.73. The van der Waals surface area contributed by atoms with Gasteiger partial charge in [0.2, 0.25) is 5.75 Å². The minimum absolute atomic E-state index is 0.319. The van der Waals surface area contributed by atoms with Crippen molar-refractivity contribution in [3.8, 4) is 23.0 Å². The van der Waals surface area contributed by atoms with E-state index in [1.54, 1.807) is 19.2 Å². The minimum atomic E-state index is -0.414. The molecular weight excluding hydrogens is 446 g/mol. The van der Waals surface area contributed by atoms with Crippen LogP contribution in [0.3, 0.4) is 0 Å². The smallest absolute Gasteiger partial charge is 0.271 e. The van der Waals surface area contributed by atoms with Crippen molar-refractivity contribution in [2.24, 2.45) is 5.10 Å². The Labute approximate surface area is 195 Å². The summed E-state index contributed by atoms with van der Waals surface area (Å²) in [6, 6.07) is 8.84. The zero-order chi connectivity index (χ0) is 23.8. The predicted molar refractivity (Wildman–Crippen MR) is 125 cm³/mol. The highest BCUT2D eigenvalue weighted by Crippen LogP contribution is 2.38. The van der Waals surface area contributed by atoms with E-state index >= 15 is 0 Å². The molecule has 3 rings (SSSR count). The van der Waals surface area contributed by atoms with Gasteiger partial charge in [0.1, 0.15) is 12.1 Å². The van der Waals surface area contributed by atoms with E-state index < -0.39 is 5.91 Å². The molecule has 0 aliphatic heterocycles. The van der Waals surface area contributed by atoms with Gasteiger partial charge in [0.05, 0.1) is 34.2 Å². The summed E-state index contributed by atoms with van der Waals surface area (Å²) in [4.78, 5) is 16.8. The first-order valence-electron chi connectivity index (χ1n) is 9.80. The number of H-pyrrole nitrogens is 1. The standard InChI is InChI=1S/C22H25N5O5S/c1-13(14-6-7-17(29-2)16(8-14)11-33-22-23-12-24-27-22)25-26-21(28)15-9-18(30-3)20(32-5)19(10-15)31-4/h6-10,12H,11H2,1-5H3,(H,26,28)(H,23,24,27). The molecule has 10 nitrogen and oxygen atoms in total. The average molecular weight is 472 g/mol. The molecule has 11 heteroatoms. The number of benzene rings is 2. The topological polar surface area (TPSA) is 120 Å². The number of aromatic amines is 1. The lowest BCUT2D eigenvalue weighted by atomic mass is 10.1. The summed E-state index contributed by atoms with van der Waals surface area (Å²) in [5.74, 6) is 2.13. The van der Waals surface area contributed by atoms with Gasteiger partial charge in [-0.1, -0.05) is 11.8 Å². The van der Waals surface area contributed by atoms with Crippen molar-refractivity contribution in [1.82, 2.24) is 20.6 Å². The largest absolute Gasteiger partial charge is 0.496 e. The first kappa shape index (κ1) is 23.9. The van der Waals surface area contributed by atoms with Crippen LogP contribution in [0.4, 0.5) is 0 Å². The molecule has 0 atom stereocenters. The van der Waals surface area contributed by atoms with E-state index in [9.17, 15) is 4.79 Å². The van der Waals surface area contributed by atoms with Crippen molar-refractivity contribution < 1.29 is 23.7 Å². The fraction of sp³-hybridized carbons (Fsp3) is 0.273. The number of hydrogen-bond acceptors (Lipinski definition) is 9. The Morgan fingerprint density at radius 2 is 1.70 bits per heavy atom. The average Bonchev–Trinajstić information content (AvgIpc) is 3.38. The van der Waals surface area contributed by atoms with Crippen LogP contribution in [0.2, 0.25) is 0 Å². The molecule has 1 aromatic heterocycles. The van der Waals surface area contributed by atoms with Gasteiger partial charge in [-0.3, -0.25) is 9.89 Å². The molecule has 1 amide bonds. The number of aromatic nitrogens is 3. The first-order chi connectivity index (χ1) is 16.0. The van der Waals surface area contributed by atoms with Crippen LogP contribution in [0.15, 0.2) is 46.9 Å². The maximum atomic E-state index is 12.7. The van der Waals surface area contributed by atoms with Crippen molar-refractivity contribution in [2.75, 3.05) is 28.4 Å². The Balaban J connectivity index is 1.77. The van der Waals surface area contributed by atoms with Crippen LogP contribution >= 0.6 is 11.8 Å². The van der Waals surface area contributed by atoms with E-state index in [1.165, 1.54) is 39.4 Å². The molecule has 0 bridgehead atoms. The second-order valence-corrected chi connectivity index (χ2v) is 7.62. The number of nitrogens with one attached hydrogen (secondary N) is 2.